The minimum Gasteiger partial charge on any atom is -0.392 e. The zero-order valence-corrected chi connectivity index (χ0v) is 11.4. The van der Waals surface area contributed by atoms with E-state index in [2.05, 4.69) is 6.07 Å². The molecule has 2 heteroatoms. The Balaban J connectivity index is 2.05. The zero-order chi connectivity index (χ0) is 13.8. The average molecular weight is 258 g/mol. The van der Waals surface area contributed by atoms with Crippen molar-refractivity contribution in [1.29, 1.82) is 0 Å². The van der Waals surface area contributed by atoms with Crippen molar-refractivity contribution in [2.45, 2.75) is 32.8 Å². The molecule has 0 amide bonds. The van der Waals surface area contributed by atoms with Crippen LogP contribution in [0.25, 0.3) is 0 Å². The molecular formula is C17H19FO. The summed E-state index contributed by atoms with van der Waals surface area (Å²) >= 11 is 0. The highest BCUT2D eigenvalue weighted by atomic mass is 19.1. The van der Waals surface area contributed by atoms with Gasteiger partial charge in [0.05, 0.1) is 6.10 Å². The molecule has 2 aromatic rings. The monoisotopic (exact) mass is 258 g/mol. The number of hydrogen-bond donors (Lipinski definition) is 1. The van der Waals surface area contributed by atoms with Gasteiger partial charge in [-0.05, 0) is 55.5 Å². The van der Waals surface area contributed by atoms with Gasteiger partial charge in [-0.2, -0.15) is 0 Å². The van der Waals surface area contributed by atoms with E-state index >= 15 is 0 Å². The van der Waals surface area contributed by atoms with Crippen molar-refractivity contribution < 1.29 is 9.50 Å². The zero-order valence-electron chi connectivity index (χ0n) is 11.4. The van der Waals surface area contributed by atoms with Crippen LogP contribution in [-0.2, 0) is 12.8 Å². The Morgan fingerprint density at radius 1 is 1.05 bits per heavy atom. The summed E-state index contributed by atoms with van der Waals surface area (Å²) < 4.78 is 13.2. The molecule has 0 heterocycles. The van der Waals surface area contributed by atoms with Gasteiger partial charge >= 0.3 is 0 Å². The molecule has 0 saturated carbocycles. The van der Waals surface area contributed by atoms with Crippen LogP contribution in [0.4, 0.5) is 4.39 Å². The van der Waals surface area contributed by atoms with E-state index in [-0.39, 0.29) is 5.82 Å². The molecule has 0 aliphatic heterocycles. The number of aliphatic hydroxyl groups excluding tert-OH is 1. The molecule has 0 spiro atoms. The van der Waals surface area contributed by atoms with Gasteiger partial charge < -0.3 is 5.11 Å². The van der Waals surface area contributed by atoms with Crippen LogP contribution in [-0.4, -0.2) is 11.2 Å². The Hall–Kier alpha value is -1.67. The molecule has 0 aliphatic rings. The van der Waals surface area contributed by atoms with Gasteiger partial charge in [-0.25, -0.2) is 4.39 Å². The Bertz CT molecular complexity index is 563. The summed E-state index contributed by atoms with van der Waals surface area (Å²) in [4.78, 5) is 0. The van der Waals surface area contributed by atoms with Crippen molar-refractivity contribution in [3.8, 4) is 0 Å². The van der Waals surface area contributed by atoms with Crippen molar-refractivity contribution in [3.63, 3.8) is 0 Å². The molecule has 0 fully saturated rings. The van der Waals surface area contributed by atoms with Crippen LogP contribution in [0.2, 0.25) is 0 Å². The highest BCUT2D eigenvalue weighted by Crippen LogP contribution is 2.15. The molecule has 0 bridgehead atoms. The minimum atomic E-state index is -0.484. The van der Waals surface area contributed by atoms with Crippen molar-refractivity contribution in [1.82, 2.24) is 0 Å². The minimum absolute atomic E-state index is 0.247. The summed E-state index contributed by atoms with van der Waals surface area (Å²) in [5.74, 6) is -0.247. The molecule has 19 heavy (non-hydrogen) atoms. The molecule has 1 nitrogen and oxygen atoms in total. The molecule has 2 rings (SSSR count). The highest BCUT2D eigenvalue weighted by Gasteiger charge is 2.09. The number of benzene rings is 2. The van der Waals surface area contributed by atoms with Crippen LogP contribution in [0.3, 0.4) is 0 Å². The average Bonchev–Trinajstić information content (AvgIpc) is 2.34. The third kappa shape index (κ3) is 3.90. The predicted molar refractivity (Wildman–Crippen MR) is 75.7 cm³/mol. The summed E-state index contributed by atoms with van der Waals surface area (Å²) in [5, 5.41) is 10.1. The summed E-state index contributed by atoms with van der Waals surface area (Å²) in [7, 11) is 0. The van der Waals surface area contributed by atoms with E-state index in [0.29, 0.717) is 12.8 Å². The molecule has 1 N–H and O–H groups in total. The lowest BCUT2D eigenvalue weighted by molar-refractivity contribution is 0.175. The van der Waals surface area contributed by atoms with Crippen molar-refractivity contribution in [2.24, 2.45) is 0 Å². The number of rotatable bonds is 4. The third-order valence-corrected chi connectivity index (χ3v) is 3.32. The van der Waals surface area contributed by atoms with E-state index in [9.17, 15) is 9.50 Å². The van der Waals surface area contributed by atoms with Crippen molar-refractivity contribution >= 4 is 0 Å². The van der Waals surface area contributed by atoms with Crippen LogP contribution in [0.15, 0.2) is 42.5 Å². The van der Waals surface area contributed by atoms with E-state index in [4.69, 9.17) is 0 Å². The first-order valence-corrected chi connectivity index (χ1v) is 6.53. The van der Waals surface area contributed by atoms with E-state index in [0.717, 1.165) is 16.7 Å². The SMILES string of the molecule is Cc1cccc(CC(O)Cc2cc(F)ccc2C)c1. The van der Waals surface area contributed by atoms with Gasteiger partial charge in [0.1, 0.15) is 5.82 Å². The van der Waals surface area contributed by atoms with Crippen LogP contribution in [0.1, 0.15) is 22.3 Å². The molecule has 0 radical (unpaired) electrons. The third-order valence-electron chi connectivity index (χ3n) is 3.32. The smallest absolute Gasteiger partial charge is 0.123 e. The number of aliphatic hydroxyl groups is 1. The van der Waals surface area contributed by atoms with Crippen LogP contribution < -0.4 is 0 Å². The maximum absolute atomic E-state index is 13.2. The van der Waals surface area contributed by atoms with Gasteiger partial charge in [-0.1, -0.05) is 35.9 Å². The highest BCUT2D eigenvalue weighted by molar-refractivity contribution is 5.28. The number of halogens is 1. The second-order valence-electron chi connectivity index (χ2n) is 5.12. The first-order chi connectivity index (χ1) is 9.04. The largest absolute Gasteiger partial charge is 0.392 e. The van der Waals surface area contributed by atoms with Gasteiger partial charge in [-0.15, -0.1) is 0 Å². The quantitative estimate of drug-likeness (QED) is 0.888. The fourth-order valence-electron chi connectivity index (χ4n) is 2.30. The summed E-state index contributed by atoms with van der Waals surface area (Å²) in [5.41, 5.74) is 4.19. The van der Waals surface area contributed by atoms with Gasteiger partial charge in [-0.3, -0.25) is 0 Å². The molecule has 0 aliphatic carbocycles. The molecule has 100 valence electrons. The van der Waals surface area contributed by atoms with Crippen LogP contribution >= 0.6 is 0 Å². The van der Waals surface area contributed by atoms with Crippen LogP contribution in [0, 0.1) is 19.7 Å². The maximum atomic E-state index is 13.2. The van der Waals surface area contributed by atoms with Gasteiger partial charge in [0.25, 0.3) is 0 Å². The Morgan fingerprint density at radius 2 is 1.84 bits per heavy atom. The fraction of sp³-hybridized carbons (Fsp3) is 0.294. The lowest BCUT2D eigenvalue weighted by Gasteiger charge is -2.13. The van der Waals surface area contributed by atoms with Crippen molar-refractivity contribution in [3.05, 3.63) is 70.5 Å². The van der Waals surface area contributed by atoms with Gasteiger partial charge in [0, 0.05) is 0 Å². The first-order valence-electron chi connectivity index (χ1n) is 6.53. The second kappa shape index (κ2) is 5.98. The van der Waals surface area contributed by atoms with Crippen LogP contribution in [0.5, 0.6) is 0 Å². The summed E-state index contributed by atoms with van der Waals surface area (Å²) in [6, 6.07) is 12.8. The van der Waals surface area contributed by atoms with E-state index in [1.165, 1.54) is 17.7 Å². The van der Waals surface area contributed by atoms with E-state index in [1.54, 1.807) is 6.07 Å². The Kier molecular flexibility index (Phi) is 4.33. The predicted octanol–water partition coefficient (Wildman–Crippen LogP) is 3.59. The molecule has 2 aromatic carbocycles. The van der Waals surface area contributed by atoms with E-state index in [1.807, 2.05) is 32.0 Å². The Labute approximate surface area is 113 Å². The Morgan fingerprint density at radius 3 is 2.58 bits per heavy atom. The van der Waals surface area contributed by atoms with E-state index < -0.39 is 6.10 Å². The standard InChI is InChI=1S/C17H19FO/c1-12-4-3-5-14(8-12)9-17(19)11-15-10-16(18)7-6-13(15)2/h3-8,10,17,19H,9,11H2,1-2H3. The number of aryl methyl sites for hydroxylation is 2. The molecule has 0 saturated heterocycles. The molecule has 1 atom stereocenters. The molecule has 0 aromatic heterocycles. The van der Waals surface area contributed by atoms with Crippen molar-refractivity contribution in [2.75, 3.05) is 0 Å². The second-order valence-corrected chi connectivity index (χ2v) is 5.12. The molecule has 1 unspecified atom stereocenters. The normalized spacial score (nSPS) is 12.4. The lowest BCUT2D eigenvalue weighted by atomic mass is 9.97. The topological polar surface area (TPSA) is 20.2 Å². The van der Waals surface area contributed by atoms with Gasteiger partial charge in [0.2, 0.25) is 0 Å². The first kappa shape index (κ1) is 13.8. The maximum Gasteiger partial charge on any atom is 0.123 e. The lowest BCUT2D eigenvalue weighted by Crippen LogP contribution is -2.14. The molecular weight excluding hydrogens is 239 g/mol. The number of hydrogen-bond acceptors (Lipinski definition) is 1. The van der Waals surface area contributed by atoms with Gasteiger partial charge in [0.15, 0.2) is 0 Å². The summed E-state index contributed by atoms with van der Waals surface area (Å²) in [6.45, 7) is 3.97. The fourth-order valence-corrected chi connectivity index (χ4v) is 2.30. The summed E-state index contributed by atoms with van der Waals surface area (Å²) in [6.07, 6.45) is 0.595.